The summed E-state index contributed by atoms with van der Waals surface area (Å²) in [5.41, 5.74) is 0. The molecule has 0 aromatic rings. The summed E-state index contributed by atoms with van der Waals surface area (Å²) in [6.45, 7) is 3.88. The molecule has 32 heavy (non-hydrogen) atoms. The van der Waals surface area contributed by atoms with Gasteiger partial charge in [0.25, 0.3) is 0 Å². The Balaban J connectivity index is 0. The predicted molar refractivity (Wildman–Crippen MR) is 154 cm³/mol. The summed E-state index contributed by atoms with van der Waals surface area (Å²) >= 11 is 14.0. The SMILES string of the molecule is CCC(O)CSCC(O)CSCC(O)CSCC(O)CC.OC(CS)CSCC(O)CS. The van der Waals surface area contributed by atoms with Crippen molar-refractivity contribution in [3.8, 4) is 0 Å². The maximum atomic E-state index is 9.79. The van der Waals surface area contributed by atoms with E-state index in [1.807, 2.05) is 13.8 Å². The minimum absolute atomic E-state index is 0.285. The van der Waals surface area contributed by atoms with Crippen molar-refractivity contribution in [3.63, 3.8) is 0 Å². The van der Waals surface area contributed by atoms with Gasteiger partial charge < -0.3 is 30.6 Å². The number of aliphatic hydroxyl groups excluding tert-OH is 6. The van der Waals surface area contributed by atoms with Crippen molar-refractivity contribution >= 4 is 72.3 Å². The van der Waals surface area contributed by atoms with Crippen LogP contribution in [0, 0.1) is 0 Å². The lowest BCUT2D eigenvalue weighted by molar-refractivity contribution is 0.194. The first-order chi connectivity index (χ1) is 15.2. The molecule has 12 heteroatoms. The van der Waals surface area contributed by atoms with E-state index in [9.17, 15) is 20.4 Å². The Labute approximate surface area is 222 Å². The van der Waals surface area contributed by atoms with Gasteiger partial charge in [0.15, 0.2) is 0 Å². The van der Waals surface area contributed by atoms with Crippen molar-refractivity contribution in [1.82, 2.24) is 0 Å². The van der Waals surface area contributed by atoms with Crippen LogP contribution < -0.4 is 0 Å². The normalized spacial score (nSPS) is 17.1. The first-order valence-corrected chi connectivity index (χ1v) is 16.7. The fourth-order valence-electron chi connectivity index (χ4n) is 1.80. The Morgan fingerprint density at radius 1 is 0.438 bits per heavy atom. The quantitative estimate of drug-likeness (QED) is 0.102. The van der Waals surface area contributed by atoms with Crippen LogP contribution in [0.25, 0.3) is 0 Å². The van der Waals surface area contributed by atoms with Gasteiger partial charge in [0.2, 0.25) is 0 Å². The molecule has 0 bridgehead atoms. The van der Waals surface area contributed by atoms with Gasteiger partial charge in [-0.25, -0.2) is 0 Å². The second-order valence-corrected chi connectivity index (χ2v) is 12.3. The van der Waals surface area contributed by atoms with Gasteiger partial charge in [0.05, 0.1) is 36.6 Å². The highest BCUT2D eigenvalue weighted by atomic mass is 32.2. The molecule has 0 saturated heterocycles. The van der Waals surface area contributed by atoms with Crippen LogP contribution in [0.2, 0.25) is 0 Å². The zero-order chi connectivity index (χ0) is 24.8. The van der Waals surface area contributed by atoms with Crippen molar-refractivity contribution in [3.05, 3.63) is 0 Å². The molecule has 0 aliphatic rings. The fraction of sp³-hybridized carbons (Fsp3) is 1.00. The summed E-state index contributed by atoms with van der Waals surface area (Å²) in [6.07, 6.45) is -0.607. The molecule has 0 aromatic heterocycles. The molecule has 0 aliphatic heterocycles. The molecule has 0 aromatic carbocycles. The maximum absolute atomic E-state index is 9.79. The molecular formula is C20H44O6S6. The molecule has 0 radical (unpaired) electrons. The van der Waals surface area contributed by atoms with E-state index in [0.717, 1.165) is 12.8 Å². The molecule has 0 amide bonds. The highest BCUT2D eigenvalue weighted by molar-refractivity contribution is 8.00. The van der Waals surface area contributed by atoms with Gasteiger partial charge in [-0.05, 0) is 12.8 Å². The van der Waals surface area contributed by atoms with Crippen LogP contribution in [0.1, 0.15) is 26.7 Å². The zero-order valence-corrected chi connectivity index (χ0v) is 24.2. The molecule has 0 heterocycles. The average Bonchev–Trinajstić information content (AvgIpc) is 2.78. The van der Waals surface area contributed by atoms with Gasteiger partial charge in [-0.3, -0.25) is 0 Å². The number of rotatable bonds is 20. The van der Waals surface area contributed by atoms with E-state index in [1.165, 1.54) is 11.8 Å². The van der Waals surface area contributed by atoms with E-state index in [1.54, 1.807) is 35.3 Å². The first kappa shape index (κ1) is 36.0. The van der Waals surface area contributed by atoms with Crippen molar-refractivity contribution < 1.29 is 30.6 Å². The van der Waals surface area contributed by atoms with E-state index in [2.05, 4.69) is 25.3 Å². The second-order valence-electron chi connectivity index (χ2n) is 7.25. The van der Waals surface area contributed by atoms with E-state index < -0.39 is 12.2 Å². The Hall–Kier alpha value is 1.86. The lowest BCUT2D eigenvalue weighted by atomic mass is 10.3. The third-order valence-electron chi connectivity index (χ3n) is 3.85. The number of hydrogen-bond donors (Lipinski definition) is 8. The van der Waals surface area contributed by atoms with Gasteiger partial charge in [0, 0.05) is 57.5 Å². The Bertz CT molecular complexity index is 356. The number of thiol groups is 2. The third kappa shape index (κ3) is 26.5. The zero-order valence-electron chi connectivity index (χ0n) is 19.2. The number of aliphatic hydroxyl groups is 6. The van der Waals surface area contributed by atoms with Crippen LogP contribution in [-0.4, -0.2) is 125 Å². The van der Waals surface area contributed by atoms with Crippen molar-refractivity contribution in [2.45, 2.75) is 63.3 Å². The van der Waals surface area contributed by atoms with Gasteiger partial charge >= 0.3 is 0 Å². The summed E-state index contributed by atoms with van der Waals surface area (Å²) in [4.78, 5) is 0. The molecule has 6 unspecified atom stereocenters. The highest BCUT2D eigenvalue weighted by Crippen LogP contribution is 2.14. The first-order valence-electron chi connectivity index (χ1n) is 10.8. The fourth-order valence-corrected chi connectivity index (χ4v) is 6.60. The smallest absolute Gasteiger partial charge is 0.0720 e. The highest BCUT2D eigenvalue weighted by Gasteiger charge is 2.10. The molecule has 196 valence electrons. The molecule has 0 saturated carbocycles. The van der Waals surface area contributed by atoms with Gasteiger partial charge in [-0.2, -0.15) is 72.3 Å². The molecule has 0 spiro atoms. The molecule has 0 rings (SSSR count). The van der Waals surface area contributed by atoms with E-state index in [0.29, 0.717) is 57.5 Å². The molecule has 0 fully saturated rings. The largest absolute Gasteiger partial charge is 0.392 e. The Morgan fingerprint density at radius 3 is 0.875 bits per heavy atom. The molecule has 6 atom stereocenters. The molecule has 0 aliphatic carbocycles. The van der Waals surface area contributed by atoms with Crippen LogP contribution in [0.5, 0.6) is 0 Å². The summed E-state index contributed by atoms with van der Waals surface area (Å²) in [7, 11) is 0. The molecule has 6 nitrogen and oxygen atoms in total. The Kier molecular flexibility index (Phi) is 29.2. The number of hydrogen-bond acceptors (Lipinski definition) is 12. The van der Waals surface area contributed by atoms with Crippen molar-refractivity contribution in [2.24, 2.45) is 0 Å². The van der Waals surface area contributed by atoms with Gasteiger partial charge in [0.1, 0.15) is 0 Å². The summed E-state index contributed by atoms with van der Waals surface area (Å²) in [5.74, 6) is 6.00. The van der Waals surface area contributed by atoms with Crippen molar-refractivity contribution in [2.75, 3.05) is 57.5 Å². The summed E-state index contributed by atoms with van der Waals surface area (Å²) in [5, 5.41) is 56.5. The van der Waals surface area contributed by atoms with E-state index in [-0.39, 0.29) is 24.4 Å². The summed E-state index contributed by atoms with van der Waals surface area (Å²) < 4.78 is 0. The van der Waals surface area contributed by atoms with Crippen molar-refractivity contribution in [1.29, 1.82) is 0 Å². The van der Waals surface area contributed by atoms with Gasteiger partial charge in [-0.15, -0.1) is 0 Å². The van der Waals surface area contributed by atoms with Crippen LogP contribution in [0.15, 0.2) is 0 Å². The summed E-state index contributed by atoms with van der Waals surface area (Å²) in [6, 6.07) is 0. The van der Waals surface area contributed by atoms with E-state index >= 15 is 0 Å². The molecular weight excluding hydrogens is 529 g/mol. The van der Waals surface area contributed by atoms with Crippen LogP contribution >= 0.6 is 72.3 Å². The average molecular weight is 573 g/mol. The van der Waals surface area contributed by atoms with Crippen LogP contribution in [0.4, 0.5) is 0 Å². The molecule has 6 N–H and O–H groups in total. The second kappa shape index (κ2) is 25.9. The third-order valence-corrected chi connectivity index (χ3v) is 9.65. The lowest BCUT2D eigenvalue weighted by Gasteiger charge is -2.14. The van der Waals surface area contributed by atoms with Crippen LogP contribution in [-0.2, 0) is 0 Å². The Morgan fingerprint density at radius 2 is 0.656 bits per heavy atom. The maximum Gasteiger partial charge on any atom is 0.0720 e. The standard InChI is InChI=1S/C14H30O4S3.C6H14O2S3/c1-3-11(15)5-19-7-13(17)9-21-10-14(18)8-20-6-12(16)4-2;7-5(1-9)3-11-4-6(8)2-10/h11-18H,3-10H2,1-2H3;5-10H,1-4H2. The lowest BCUT2D eigenvalue weighted by Crippen LogP contribution is -2.20. The predicted octanol–water partition coefficient (Wildman–Crippen LogP) is 1.75. The minimum Gasteiger partial charge on any atom is -0.392 e. The number of thioether (sulfide) groups is 4. The van der Waals surface area contributed by atoms with Crippen LogP contribution in [0.3, 0.4) is 0 Å². The van der Waals surface area contributed by atoms with Gasteiger partial charge in [-0.1, -0.05) is 13.8 Å². The monoisotopic (exact) mass is 572 g/mol. The topological polar surface area (TPSA) is 121 Å². The minimum atomic E-state index is -0.397. The van der Waals surface area contributed by atoms with E-state index in [4.69, 9.17) is 10.2 Å².